The van der Waals surface area contributed by atoms with Crippen molar-refractivity contribution in [1.82, 2.24) is 19.9 Å². The molecule has 3 aromatic heterocycles. The van der Waals surface area contributed by atoms with E-state index in [1.807, 2.05) is 42.7 Å². The molecule has 48 heavy (non-hydrogen) atoms. The lowest BCUT2D eigenvalue weighted by atomic mass is 9.96. The molecule has 4 heteroatoms. The van der Waals surface area contributed by atoms with Gasteiger partial charge in [0.25, 0.3) is 0 Å². The summed E-state index contributed by atoms with van der Waals surface area (Å²) in [5.74, 6) is 0.683. The monoisotopic (exact) mass is 610 g/mol. The molecular formula is C44H26N4. The highest BCUT2D eigenvalue weighted by Gasteiger charge is 2.22. The Morgan fingerprint density at radius 2 is 0.917 bits per heavy atom. The summed E-state index contributed by atoms with van der Waals surface area (Å²) < 4.78 is 0. The van der Waals surface area contributed by atoms with Gasteiger partial charge in [-0.15, -0.1) is 0 Å². The van der Waals surface area contributed by atoms with Crippen molar-refractivity contribution in [2.24, 2.45) is 0 Å². The Hall–Kier alpha value is -6.52. The summed E-state index contributed by atoms with van der Waals surface area (Å²) >= 11 is 0. The highest BCUT2D eigenvalue weighted by atomic mass is 14.9. The van der Waals surface area contributed by atoms with E-state index in [0.717, 1.165) is 61.0 Å². The first-order valence-corrected chi connectivity index (χ1v) is 16.1. The Labute approximate surface area is 277 Å². The molecule has 0 fully saturated rings. The second-order valence-corrected chi connectivity index (χ2v) is 12.3. The van der Waals surface area contributed by atoms with Crippen LogP contribution in [0, 0.1) is 0 Å². The van der Waals surface area contributed by atoms with Gasteiger partial charge < -0.3 is 0 Å². The molecule has 3 heterocycles. The average molecular weight is 611 g/mol. The zero-order valence-electron chi connectivity index (χ0n) is 25.8. The highest BCUT2D eigenvalue weighted by Crippen LogP contribution is 2.49. The lowest BCUT2D eigenvalue weighted by Crippen LogP contribution is -1.93. The molecule has 0 spiro atoms. The molecule has 0 N–H and O–H groups in total. The second kappa shape index (κ2) is 10.5. The molecular weight excluding hydrogens is 585 g/mol. The fourth-order valence-electron chi connectivity index (χ4n) is 7.18. The van der Waals surface area contributed by atoms with Gasteiger partial charge in [-0.2, -0.15) is 0 Å². The van der Waals surface area contributed by atoms with Crippen LogP contribution in [0.1, 0.15) is 0 Å². The lowest BCUT2D eigenvalue weighted by molar-refractivity contribution is 1.18. The molecule has 1 aliphatic carbocycles. The summed E-state index contributed by atoms with van der Waals surface area (Å²) in [6.45, 7) is 0. The predicted molar refractivity (Wildman–Crippen MR) is 196 cm³/mol. The summed E-state index contributed by atoms with van der Waals surface area (Å²) in [6.07, 6.45) is 3.77. The second-order valence-electron chi connectivity index (χ2n) is 12.3. The van der Waals surface area contributed by atoms with Crippen LogP contribution in [0.25, 0.3) is 99.9 Å². The third kappa shape index (κ3) is 4.16. The maximum absolute atomic E-state index is 5.30. The first kappa shape index (κ1) is 26.7. The maximum atomic E-state index is 5.30. The Morgan fingerprint density at radius 3 is 1.69 bits per heavy atom. The van der Waals surface area contributed by atoms with Crippen LogP contribution in [0.5, 0.6) is 0 Å². The molecule has 0 atom stereocenters. The summed E-state index contributed by atoms with van der Waals surface area (Å²) in [5, 5.41) is 4.64. The van der Waals surface area contributed by atoms with Crippen molar-refractivity contribution in [3.05, 3.63) is 158 Å². The Morgan fingerprint density at radius 1 is 0.354 bits per heavy atom. The Balaban J connectivity index is 1.07. The minimum Gasteiger partial charge on any atom is -0.245 e. The SMILES string of the molecule is c1ccc(-c2cnc(-c3cccc(-c4ccc5ccc6ccc(-c7ccc8c9c(cccc79)-c7ccccc7-8)nc6c5n4)c3)nc2)cc1. The van der Waals surface area contributed by atoms with Crippen LogP contribution in [0.3, 0.4) is 0 Å². The molecule has 0 aliphatic heterocycles. The van der Waals surface area contributed by atoms with E-state index in [2.05, 4.69) is 115 Å². The van der Waals surface area contributed by atoms with E-state index >= 15 is 0 Å². The number of nitrogens with zero attached hydrogens (tertiary/aromatic N) is 4. The zero-order valence-corrected chi connectivity index (χ0v) is 25.8. The fraction of sp³-hybridized carbons (Fsp3) is 0. The lowest BCUT2D eigenvalue weighted by Gasteiger charge is -2.11. The summed E-state index contributed by atoms with van der Waals surface area (Å²) in [4.78, 5) is 19.9. The van der Waals surface area contributed by atoms with E-state index in [1.54, 1.807) is 0 Å². The van der Waals surface area contributed by atoms with Gasteiger partial charge in [-0.1, -0.05) is 127 Å². The number of fused-ring (bicyclic) bond motifs is 6. The van der Waals surface area contributed by atoms with Gasteiger partial charge in [0.2, 0.25) is 0 Å². The molecule has 0 bridgehead atoms. The highest BCUT2D eigenvalue weighted by molar-refractivity contribution is 6.18. The zero-order chi connectivity index (χ0) is 31.6. The van der Waals surface area contributed by atoms with E-state index < -0.39 is 0 Å². The molecule has 0 saturated carbocycles. The number of benzene rings is 6. The van der Waals surface area contributed by atoms with E-state index in [4.69, 9.17) is 19.9 Å². The Bertz CT molecular complexity index is 2690. The van der Waals surface area contributed by atoms with Crippen LogP contribution in [0.2, 0.25) is 0 Å². The van der Waals surface area contributed by atoms with Gasteiger partial charge in [0.05, 0.1) is 22.4 Å². The Kier molecular flexibility index (Phi) is 5.84. The molecule has 0 unspecified atom stereocenters. The van der Waals surface area contributed by atoms with E-state index in [0.29, 0.717) is 5.82 Å². The van der Waals surface area contributed by atoms with Crippen molar-refractivity contribution >= 4 is 32.6 Å². The molecule has 4 nitrogen and oxygen atoms in total. The van der Waals surface area contributed by atoms with Gasteiger partial charge in [0.15, 0.2) is 5.82 Å². The minimum atomic E-state index is 0.683. The molecule has 0 saturated heterocycles. The average Bonchev–Trinajstić information content (AvgIpc) is 3.50. The third-order valence-corrected chi connectivity index (χ3v) is 9.52. The van der Waals surface area contributed by atoms with Crippen LogP contribution in [-0.2, 0) is 0 Å². The van der Waals surface area contributed by atoms with Gasteiger partial charge in [0, 0.05) is 45.4 Å². The summed E-state index contributed by atoms with van der Waals surface area (Å²) in [6, 6.07) is 51.0. The quantitative estimate of drug-likeness (QED) is 0.186. The van der Waals surface area contributed by atoms with Gasteiger partial charge in [-0.05, 0) is 56.8 Å². The van der Waals surface area contributed by atoms with Crippen molar-refractivity contribution in [2.45, 2.75) is 0 Å². The minimum absolute atomic E-state index is 0.683. The first-order chi connectivity index (χ1) is 23.8. The maximum Gasteiger partial charge on any atom is 0.159 e. The third-order valence-electron chi connectivity index (χ3n) is 9.52. The number of aromatic nitrogens is 4. The van der Waals surface area contributed by atoms with Crippen molar-refractivity contribution in [3.8, 4) is 67.3 Å². The van der Waals surface area contributed by atoms with Gasteiger partial charge in [0.1, 0.15) is 0 Å². The number of pyridine rings is 2. The molecule has 10 rings (SSSR count). The normalized spacial score (nSPS) is 11.8. The fourth-order valence-corrected chi connectivity index (χ4v) is 7.18. The van der Waals surface area contributed by atoms with Crippen LogP contribution in [-0.4, -0.2) is 19.9 Å². The van der Waals surface area contributed by atoms with Crippen molar-refractivity contribution < 1.29 is 0 Å². The van der Waals surface area contributed by atoms with Crippen LogP contribution < -0.4 is 0 Å². The van der Waals surface area contributed by atoms with Gasteiger partial charge in [-0.25, -0.2) is 19.9 Å². The summed E-state index contributed by atoms with van der Waals surface area (Å²) in [5.41, 5.74) is 14.0. The smallest absolute Gasteiger partial charge is 0.159 e. The molecule has 9 aromatic rings. The molecule has 0 amide bonds. The van der Waals surface area contributed by atoms with Crippen molar-refractivity contribution in [1.29, 1.82) is 0 Å². The van der Waals surface area contributed by atoms with Crippen molar-refractivity contribution in [2.75, 3.05) is 0 Å². The van der Waals surface area contributed by atoms with Gasteiger partial charge in [-0.3, -0.25) is 0 Å². The van der Waals surface area contributed by atoms with Crippen LogP contribution in [0.15, 0.2) is 158 Å². The molecule has 222 valence electrons. The van der Waals surface area contributed by atoms with E-state index in [1.165, 1.54) is 33.0 Å². The van der Waals surface area contributed by atoms with E-state index in [-0.39, 0.29) is 0 Å². The first-order valence-electron chi connectivity index (χ1n) is 16.1. The van der Waals surface area contributed by atoms with Crippen molar-refractivity contribution in [3.63, 3.8) is 0 Å². The standard InChI is InChI=1S/C44H26N4/c1-2-8-27(9-3-1)32-25-45-44(46-26-32)31-11-6-10-30(24-31)39-22-18-28-16-17-29-19-23-40(48-43(29)42(28)47-39)35-20-21-38-34-13-5-4-12-33(34)36-14-7-15-37(35)41(36)38/h1-26H. The van der Waals surface area contributed by atoms with Crippen LogP contribution >= 0.6 is 0 Å². The van der Waals surface area contributed by atoms with E-state index in [9.17, 15) is 0 Å². The molecule has 1 aliphatic rings. The van der Waals surface area contributed by atoms with Gasteiger partial charge >= 0.3 is 0 Å². The number of hydrogen-bond acceptors (Lipinski definition) is 4. The molecule has 6 aromatic carbocycles. The number of hydrogen-bond donors (Lipinski definition) is 0. The largest absolute Gasteiger partial charge is 0.245 e. The molecule has 0 radical (unpaired) electrons. The summed E-state index contributed by atoms with van der Waals surface area (Å²) in [7, 11) is 0. The predicted octanol–water partition coefficient (Wildman–Crippen LogP) is 11.0. The van der Waals surface area contributed by atoms with Crippen LogP contribution in [0.4, 0.5) is 0 Å². The topological polar surface area (TPSA) is 51.6 Å². The number of rotatable bonds is 4.